The Kier molecular flexibility index (Phi) is 12.6. The Labute approximate surface area is 387 Å². The first-order valence-electron chi connectivity index (χ1n) is 22.9. The van der Waals surface area contributed by atoms with E-state index in [-0.39, 0.29) is 47.4 Å². The molecule has 3 saturated heterocycles. The van der Waals surface area contributed by atoms with Gasteiger partial charge in [-0.05, 0) is 134 Å². The van der Waals surface area contributed by atoms with Crippen LogP contribution in [0.1, 0.15) is 89.3 Å². The van der Waals surface area contributed by atoms with Gasteiger partial charge in [0, 0.05) is 60.5 Å². The maximum Gasteiger partial charge on any atom is 0.328 e. The molecule has 3 fully saturated rings. The maximum absolute atomic E-state index is 15.2. The van der Waals surface area contributed by atoms with Crippen LogP contribution in [0.3, 0.4) is 0 Å². The van der Waals surface area contributed by atoms with Crippen molar-refractivity contribution in [1.29, 1.82) is 0 Å². The lowest BCUT2D eigenvalue weighted by Gasteiger charge is -2.47. The first-order valence-corrected chi connectivity index (χ1v) is 22.9. The number of aromatic nitrogens is 3. The van der Waals surface area contributed by atoms with Crippen molar-refractivity contribution in [2.45, 2.75) is 65.2 Å². The van der Waals surface area contributed by atoms with Crippen LogP contribution in [0, 0.1) is 24.0 Å². The number of benzene rings is 4. The number of anilines is 2. The molecule has 0 saturated carbocycles. The van der Waals surface area contributed by atoms with Crippen molar-refractivity contribution in [2.24, 2.45) is 5.41 Å². The van der Waals surface area contributed by atoms with E-state index in [1.54, 1.807) is 31.2 Å². The molecular weight excluding hydrogens is 855 g/mol. The predicted octanol–water partition coefficient (Wildman–Crippen LogP) is 9.27. The van der Waals surface area contributed by atoms with Crippen LogP contribution in [-0.4, -0.2) is 94.9 Å². The zero-order valence-corrected chi connectivity index (χ0v) is 38.2. The smallest absolute Gasteiger partial charge is 0.328 e. The molecule has 346 valence electrons. The number of rotatable bonds is 11. The minimum Gasteiger partial charge on any atom is -0.495 e. The van der Waals surface area contributed by atoms with E-state index in [1.165, 1.54) is 48.2 Å². The summed E-state index contributed by atoms with van der Waals surface area (Å²) < 4.78 is 35.6. The molecule has 4 aromatic carbocycles. The number of likely N-dealkylation sites (tertiary alicyclic amines) is 2. The summed E-state index contributed by atoms with van der Waals surface area (Å²) in [5.41, 5.74) is 7.22. The van der Waals surface area contributed by atoms with Crippen molar-refractivity contribution in [3.05, 3.63) is 125 Å². The lowest BCUT2D eigenvalue weighted by molar-refractivity contribution is -0.120. The van der Waals surface area contributed by atoms with E-state index in [1.807, 2.05) is 24.8 Å². The molecule has 5 heterocycles. The number of nitrogens with one attached hydrogen (secondary N) is 3. The Morgan fingerprint density at radius 1 is 0.881 bits per heavy atom. The molecule has 2 aromatic heterocycles. The number of imide groups is 1. The van der Waals surface area contributed by atoms with E-state index in [4.69, 9.17) is 4.74 Å². The topological polar surface area (TPSA) is 153 Å². The van der Waals surface area contributed by atoms with E-state index in [0.717, 1.165) is 68.6 Å². The summed E-state index contributed by atoms with van der Waals surface area (Å²) in [6.45, 7) is 10.2. The minimum atomic E-state index is -0.670. The molecule has 1 spiro atoms. The van der Waals surface area contributed by atoms with Gasteiger partial charge in [-0.1, -0.05) is 44.2 Å². The zero-order chi connectivity index (χ0) is 47.0. The van der Waals surface area contributed by atoms with E-state index < -0.39 is 23.6 Å². The van der Waals surface area contributed by atoms with Gasteiger partial charge in [0.1, 0.15) is 29.4 Å². The van der Waals surface area contributed by atoms with Crippen molar-refractivity contribution >= 4 is 46.2 Å². The molecule has 0 unspecified atom stereocenters. The number of urea groups is 1. The van der Waals surface area contributed by atoms with Crippen LogP contribution in [0.5, 0.6) is 5.75 Å². The van der Waals surface area contributed by atoms with Gasteiger partial charge >= 0.3 is 6.03 Å². The molecule has 0 atom stereocenters. The van der Waals surface area contributed by atoms with Gasteiger partial charge in [0.25, 0.3) is 11.8 Å². The van der Waals surface area contributed by atoms with Gasteiger partial charge in [-0.15, -0.1) is 0 Å². The molecule has 0 aliphatic carbocycles. The molecule has 5 amide bonds. The van der Waals surface area contributed by atoms with Crippen molar-refractivity contribution < 1.29 is 32.7 Å². The number of hydrogen-bond acceptors (Lipinski definition) is 8. The van der Waals surface area contributed by atoms with Crippen molar-refractivity contribution in [2.75, 3.05) is 56.6 Å². The van der Waals surface area contributed by atoms with Crippen LogP contribution < -0.4 is 20.3 Å². The second kappa shape index (κ2) is 18.7. The third-order valence-electron chi connectivity index (χ3n) is 14.0. The fraction of sp³-hybridized carbons (Fsp3) is 0.346. The van der Waals surface area contributed by atoms with Crippen molar-refractivity contribution in [3.8, 4) is 28.3 Å². The van der Waals surface area contributed by atoms with Crippen LogP contribution >= 0.6 is 0 Å². The number of nitrogens with zero attached hydrogens (tertiary/aromatic N) is 5. The van der Waals surface area contributed by atoms with Crippen molar-refractivity contribution in [3.63, 3.8) is 0 Å². The fourth-order valence-corrected chi connectivity index (χ4v) is 9.71. The molecular formula is C52H54F2N8O5. The second-order valence-corrected chi connectivity index (χ2v) is 18.4. The van der Waals surface area contributed by atoms with E-state index in [2.05, 4.69) is 54.8 Å². The fourth-order valence-electron chi connectivity index (χ4n) is 9.71. The Morgan fingerprint density at radius 2 is 1.63 bits per heavy atom. The number of carbonyl (C=O) groups is 4. The molecule has 3 aliphatic rings. The average Bonchev–Trinajstić information content (AvgIpc) is 3.77. The van der Waals surface area contributed by atoms with Gasteiger partial charge in [0.15, 0.2) is 0 Å². The van der Waals surface area contributed by atoms with Gasteiger partial charge < -0.3 is 24.8 Å². The number of piperidine rings is 2. The molecule has 15 heteroatoms. The standard InChI is InChI=1S/C52H54F2N8O5/c1-31(2)35-9-11-38(41(54)25-35)49(64)58-42-28-37(53)27-39(32(42)3)47-40-29-43(57-48(40)56-30-55-47)34-7-5-33(6-8-34)13-19-60-21-15-52(16-22-60)17-23-61(24-18-52)50(65)36-10-12-45(67-4)44(26-36)62-20-14-46(63)59-51(62)66/h5-12,25-31H,13-24H2,1-4H3,(H,58,64)(H,55,56,57)(H,59,63,66). The number of H-pyrrole nitrogens is 1. The van der Waals surface area contributed by atoms with Gasteiger partial charge in [0.05, 0.1) is 24.1 Å². The Hall–Kier alpha value is -7.00. The number of aromatic amines is 1. The van der Waals surface area contributed by atoms with Crippen LogP contribution in [0.15, 0.2) is 85.2 Å². The summed E-state index contributed by atoms with van der Waals surface area (Å²) in [5.74, 6) is -1.71. The highest BCUT2D eigenvalue weighted by molar-refractivity contribution is 6.07. The van der Waals surface area contributed by atoms with Gasteiger partial charge in [0.2, 0.25) is 5.91 Å². The maximum atomic E-state index is 15.2. The summed E-state index contributed by atoms with van der Waals surface area (Å²) in [5, 5.41) is 5.75. The average molecular weight is 909 g/mol. The van der Waals surface area contributed by atoms with Gasteiger partial charge in [-0.25, -0.2) is 23.5 Å². The largest absolute Gasteiger partial charge is 0.495 e. The summed E-state index contributed by atoms with van der Waals surface area (Å²) in [6, 6.07) is 22.2. The number of fused-ring (bicyclic) bond motifs is 1. The number of carbonyl (C=O) groups excluding carboxylic acids is 4. The number of ether oxygens (including phenoxy) is 1. The molecule has 3 N–H and O–H groups in total. The van der Waals surface area contributed by atoms with Gasteiger partial charge in [-0.2, -0.15) is 0 Å². The Morgan fingerprint density at radius 3 is 2.33 bits per heavy atom. The Bertz CT molecular complexity index is 2880. The van der Waals surface area contributed by atoms with Crippen LogP contribution in [0.4, 0.5) is 25.0 Å². The van der Waals surface area contributed by atoms with E-state index in [0.29, 0.717) is 57.9 Å². The minimum absolute atomic E-state index is 0.0700. The third kappa shape index (κ3) is 9.37. The van der Waals surface area contributed by atoms with E-state index in [9.17, 15) is 23.6 Å². The number of hydrogen-bond donors (Lipinski definition) is 3. The SMILES string of the molecule is COc1ccc(C(=O)N2CCC3(CCN(CCc4ccc(-c5cc6c(-c7cc(F)cc(NC(=O)c8ccc(C(C)C)cc8F)c7C)ncnc6[nH]5)cc4)CC3)CC2)cc1N1CCC(=O)NC1=O. The molecule has 0 bridgehead atoms. The lowest BCUT2D eigenvalue weighted by atomic mass is 9.71. The first kappa shape index (κ1) is 45.2. The van der Waals surface area contributed by atoms with Crippen LogP contribution in [0.2, 0.25) is 0 Å². The van der Waals surface area contributed by atoms with E-state index >= 15 is 4.39 Å². The van der Waals surface area contributed by atoms with Crippen LogP contribution in [-0.2, 0) is 11.2 Å². The van der Waals surface area contributed by atoms with Crippen LogP contribution in [0.25, 0.3) is 33.5 Å². The van der Waals surface area contributed by atoms with Crippen molar-refractivity contribution in [1.82, 2.24) is 30.1 Å². The highest BCUT2D eigenvalue weighted by atomic mass is 19.1. The highest BCUT2D eigenvalue weighted by Crippen LogP contribution is 2.42. The highest BCUT2D eigenvalue weighted by Gasteiger charge is 2.39. The molecule has 3 aliphatic heterocycles. The summed E-state index contributed by atoms with van der Waals surface area (Å²) >= 11 is 0. The number of methoxy groups -OCH3 is 1. The molecule has 9 rings (SSSR count). The molecule has 67 heavy (non-hydrogen) atoms. The number of amides is 5. The first-order chi connectivity index (χ1) is 32.3. The monoisotopic (exact) mass is 908 g/mol. The second-order valence-electron chi connectivity index (χ2n) is 18.4. The molecule has 13 nitrogen and oxygen atoms in total. The molecule has 0 radical (unpaired) electrons. The quantitative estimate of drug-likeness (QED) is 0.116. The Balaban J connectivity index is 0.793. The summed E-state index contributed by atoms with van der Waals surface area (Å²) in [6.07, 6.45) is 6.59. The summed E-state index contributed by atoms with van der Waals surface area (Å²) in [4.78, 5) is 69.5. The normalized spacial score (nSPS) is 16.5. The zero-order valence-electron chi connectivity index (χ0n) is 38.2. The summed E-state index contributed by atoms with van der Waals surface area (Å²) in [7, 11) is 1.52. The number of halogens is 2. The predicted molar refractivity (Wildman–Crippen MR) is 253 cm³/mol. The van der Waals surface area contributed by atoms with Gasteiger partial charge in [-0.3, -0.25) is 24.6 Å². The lowest BCUT2D eigenvalue weighted by Crippen LogP contribution is -2.50. The third-order valence-corrected chi connectivity index (χ3v) is 14.0. The molecule has 6 aromatic rings.